The predicted octanol–water partition coefficient (Wildman–Crippen LogP) is 2.11. The largest absolute Gasteiger partial charge is 0.465 e. The number of carbonyl (C=O) groups excluding carboxylic acids is 1. The van der Waals surface area contributed by atoms with Gasteiger partial charge in [-0.15, -0.1) is 0 Å². The van der Waals surface area contributed by atoms with E-state index in [1.54, 1.807) is 11.8 Å². The lowest BCUT2D eigenvalue weighted by atomic mass is 10.2. The van der Waals surface area contributed by atoms with E-state index in [1.807, 2.05) is 13.2 Å². The van der Waals surface area contributed by atoms with E-state index in [9.17, 15) is 9.90 Å². The number of hydrogen-bond donors (Lipinski definition) is 2. The number of nitrogens with zero attached hydrogens (tertiary/aromatic N) is 1. The van der Waals surface area contributed by atoms with Gasteiger partial charge in [0.05, 0.1) is 13.7 Å². The first-order valence-electron chi connectivity index (χ1n) is 5.18. The number of esters is 1. The molecule has 0 saturated heterocycles. The SMILES string of the molecule is COC(=O)c1sc(NC(C)C(CO)SC)nc1Cl. The molecule has 0 aliphatic rings. The first-order chi connectivity index (χ1) is 8.53. The molecule has 1 aromatic rings. The Morgan fingerprint density at radius 2 is 2.39 bits per heavy atom. The molecule has 0 saturated carbocycles. The lowest BCUT2D eigenvalue weighted by Crippen LogP contribution is -2.30. The van der Waals surface area contributed by atoms with Crippen LogP contribution in [0.15, 0.2) is 0 Å². The Balaban J connectivity index is 2.77. The van der Waals surface area contributed by atoms with Crippen LogP contribution in [-0.2, 0) is 4.74 Å². The third-order valence-corrected chi connectivity index (χ3v) is 4.86. The average molecular weight is 311 g/mol. The Labute approximate surface area is 119 Å². The molecule has 0 aliphatic carbocycles. The lowest BCUT2D eigenvalue weighted by Gasteiger charge is -2.20. The zero-order valence-corrected chi connectivity index (χ0v) is 12.7. The normalized spacial score (nSPS) is 14.1. The molecule has 0 fully saturated rings. The third kappa shape index (κ3) is 3.74. The van der Waals surface area contributed by atoms with Crippen molar-refractivity contribution >= 4 is 45.8 Å². The number of aliphatic hydroxyl groups is 1. The Bertz CT molecular complexity index is 410. The molecule has 0 amide bonds. The van der Waals surface area contributed by atoms with Gasteiger partial charge in [0, 0.05) is 11.3 Å². The Hall–Kier alpha value is -0.500. The van der Waals surface area contributed by atoms with Crippen LogP contribution < -0.4 is 5.32 Å². The van der Waals surface area contributed by atoms with Gasteiger partial charge in [0.2, 0.25) is 0 Å². The van der Waals surface area contributed by atoms with Gasteiger partial charge in [-0.3, -0.25) is 0 Å². The van der Waals surface area contributed by atoms with Gasteiger partial charge in [-0.2, -0.15) is 11.8 Å². The lowest BCUT2D eigenvalue weighted by molar-refractivity contribution is 0.0606. The maximum Gasteiger partial charge on any atom is 0.351 e. The molecule has 5 nitrogen and oxygen atoms in total. The van der Waals surface area contributed by atoms with Gasteiger partial charge in [0.15, 0.2) is 15.2 Å². The number of anilines is 1. The van der Waals surface area contributed by atoms with Gasteiger partial charge in [-0.25, -0.2) is 9.78 Å². The summed E-state index contributed by atoms with van der Waals surface area (Å²) in [7, 11) is 1.30. The van der Waals surface area contributed by atoms with Crippen LogP contribution in [-0.4, -0.2) is 47.3 Å². The fourth-order valence-electron chi connectivity index (χ4n) is 1.31. The molecule has 102 valence electrons. The predicted molar refractivity (Wildman–Crippen MR) is 75.9 cm³/mol. The van der Waals surface area contributed by atoms with Gasteiger partial charge in [0.25, 0.3) is 0 Å². The van der Waals surface area contributed by atoms with Gasteiger partial charge < -0.3 is 15.2 Å². The number of ether oxygens (including phenoxy) is 1. The summed E-state index contributed by atoms with van der Waals surface area (Å²) in [5, 5.41) is 13.0. The minimum atomic E-state index is -0.498. The van der Waals surface area contributed by atoms with Crippen molar-refractivity contribution in [2.45, 2.75) is 18.2 Å². The highest BCUT2D eigenvalue weighted by Gasteiger charge is 2.20. The topological polar surface area (TPSA) is 71.5 Å². The number of thioether (sulfide) groups is 1. The number of halogens is 1. The summed E-state index contributed by atoms with van der Waals surface area (Å²) in [5.41, 5.74) is 0. The van der Waals surface area contributed by atoms with E-state index in [1.165, 1.54) is 7.11 Å². The first kappa shape index (κ1) is 15.6. The summed E-state index contributed by atoms with van der Waals surface area (Å²) in [6, 6.07) is 0.0118. The zero-order chi connectivity index (χ0) is 13.7. The summed E-state index contributed by atoms with van der Waals surface area (Å²) >= 11 is 8.55. The van der Waals surface area contributed by atoms with E-state index < -0.39 is 5.97 Å². The zero-order valence-electron chi connectivity index (χ0n) is 10.3. The highest BCUT2D eigenvalue weighted by Crippen LogP contribution is 2.28. The molecule has 1 rings (SSSR count). The molecule has 0 spiro atoms. The number of aromatic nitrogens is 1. The molecule has 2 N–H and O–H groups in total. The van der Waals surface area contributed by atoms with Gasteiger partial charge in [-0.1, -0.05) is 22.9 Å². The Morgan fingerprint density at radius 3 is 2.89 bits per heavy atom. The fraction of sp³-hybridized carbons (Fsp3) is 0.600. The number of carbonyl (C=O) groups is 1. The molecule has 1 aromatic heterocycles. The van der Waals surface area contributed by atoms with Crippen LogP contribution in [0.5, 0.6) is 0 Å². The van der Waals surface area contributed by atoms with Crippen LogP contribution in [0.4, 0.5) is 5.13 Å². The van der Waals surface area contributed by atoms with Crippen LogP contribution in [0.3, 0.4) is 0 Å². The van der Waals surface area contributed by atoms with Gasteiger partial charge in [-0.05, 0) is 13.2 Å². The average Bonchev–Trinajstić information content (AvgIpc) is 2.70. The smallest absolute Gasteiger partial charge is 0.351 e. The fourth-order valence-corrected chi connectivity index (χ4v) is 3.13. The van der Waals surface area contributed by atoms with Gasteiger partial charge >= 0.3 is 5.97 Å². The number of thiazole rings is 1. The number of hydrogen-bond acceptors (Lipinski definition) is 7. The first-order valence-corrected chi connectivity index (χ1v) is 7.66. The van der Waals surface area contributed by atoms with Crippen LogP contribution >= 0.6 is 34.7 Å². The van der Waals surface area contributed by atoms with Gasteiger partial charge in [0.1, 0.15) is 0 Å². The second-order valence-corrected chi connectivity index (χ2v) is 5.95. The van der Waals surface area contributed by atoms with Crippen molar-refractivity contribution in [3.05, 3.63) is 10.0 Å². The van der Waals surface area contributed by atoms with Crippen LogP contribution in [0.25, 0.3) is 0 Å². The maximum atomic E-state index is 11.4. The highest BCUT2D eigenvalue weighted by molar-refractivity contribution is 7.99. The van der Waals surface area contributed by atoms with Crippen molar-refractivity contribution in [1.82, 2.24) is 4.98 Å². The van der Waals surface area contributed by atoms with Crippen molar-refractivity contribution in [3.63, 3.8) is 0 Å². The number of rotatable bonds is 6. The standard InChI is InChI=1S/C10H15ClN2O3S2/c1-5(6(4-14)17-3)12-10-13-8(11)7(18-10)9(15)16-2/h5-6,14H,4H2,1-3H3,(H,12,13). The number of nitrogens with one attached hydrogen (secondary N) is 1. The number of methoxy groups -OCH3 is 1. The quantitative estimate of drug-likeness (QED) is 0.784. The molecule has 18 heavy (non-hydrogen) atoms. The van der Waals surface area contributed by atoms with Crippen LogP contribution in [0.2, 0.25) is 5.15 Å². The monoisotopic (exact) mass is 310 g/mol. The van der Waals surface area contributed by atoms with Crippen molar-refractivity contribution in [2.24, 2.45) is 0 Å². The van der Waals surface area contributed by atoms with Crippen molar-refractivity contribution in [3.8, 4) is 0 Å². The molecule has 1 heterocycles. The summed E-state index contributed by atoms with van der Waals surface area (Å²) < 4.78 is 4.60. The van der Waals surface area contributed by atoms with Crippen molar-refractivity contribution in [2.75, 3.05) is 25.3 Å². The summed E-state index contributed by atoms with van der Waals surface area (Å²) in [6.45, 7) is 2.00. The second-order valence-electron chi connectivity index (χ2n) is 3.52. The maximum absolute atomic E-state index is 11.4. The van der Waals surface area contributed by atoms with E-state index in [2.05, 4.69) is 15.0 Å². The molecule has 0 aliphatic heterocycles. The Morgan fingerprint density at radius 1 is 1.72 bits per heavy atom. The van der Waals surface area contributed by atoms with E-state index in [4.69, 9.17) is 11.6 Å². The molecule has 2 atom stereocenters. The molecule has 0 aromatic carbocycles. The third-order valence-electron chi connectivity index (χ3n) is 2.35. The van der Waals surface area contributed by atoms with Crippen LogP contribution in [0, 0.1) is 0 Å². The summed E-state index contributed by atoms with van der Waals surface area (Å²) in [5.74, 6) is -0.498. The van der Waals surface area contributed by atoms with E-state index in [-0.39, 0.29) is 27.9 Å². The number of aliphatic hydroxyl groups excluding tert-OH is 1. The van der Waals surface area contributed by atoms with Crippen molar-refractivity contribution < 1.29 is 14.6 Å². The van der Waals surface area contributed by atoms with E-state index in [0.717, 1.165) is 11.3 Å². The highest BCUT2D eigenvalue weighted by atomic mass is 35.5. The molecule has 2 unspecified atom stereocenters. The molecule has 8 heteroatoms. The minimum absolute atomic E-state index is 0.0118. The minimum Gasteiger partial charge on any atom is -0.465 e. The molecule has 0 radical (unpaired) electrons. The molecular formula is C10H15ClN2O3S2. The van der Waals surface area contributed by atoms with E-state index >= 15 is 0 Å². The molecule has 0 bridgehead atoms. The van der Waals surface area contributed by atoms with Crippen molar-refractivity contribution in [1.29, 1.82) is 0 Å². The molecular weight excluding hydrogens is 296 g/mol. The van der Waals surface area contributed by atoms with Crippen LogP contribution in [0.1, 0.15) is 16.6 Å². The second kappa shape index (κ2) is 7.18. The summed E-state index contributed by atoms with van der Waals surface area (Å²) in [6.07, 6.45) is 1.92. The Kier molecular flexibility index (Phi) is 6.20. The summed E-state index contributed by atoms with van der Waals surface area (Å²) in [4.78, 5) is 15.7. The van der Waals surface area contributed by atoms with E-state index in [0.29, 0.717) is 5.13 Å².